The maximum absolute atomic E-state index is 13.2. The summed E-state index contributed by atoms with van der Waals surface area (Å²) in [7, 11) is 0. The molecule has 4 heteroatoms. The largest absolute Gasteiger partial charge is 0.334 e. The second kappa shape index (κ2) is 9.00. The normalized spacial score (nSPS) is 10.9. The summed E-state index contributed by atoms with van der Waals surface area (Å²) in [6.07, 6.45) is 0.303. The smallest absolute Gasteiger partial charge is 0.253 e. The molecular weight excluding hydrogens is 384 g/mol. The highest BCUT2D eigenvalue weighted by Gasteiger charge is 2.17. The van der Waals surface area contributed by atoms with Crippen LogP contribution in [0, 0.1) is 13.8 Å². The first kappa shape index (κ1) is 20.6. The number of hydrogen-bond acceptors (Lipinski definition) is 2. The van der Waals surface area contributed by atoms with Crippen LogP contribution < -0.4 is 5.56 Å². The van der Waals surface area contributed by atoms with Crippen molar-refractivity contribution in [1.82, 2.24) is 9.88 Å². The van der Waals surface area contributed by atoms with E-state index in [1.54, 1.807) is 4.90 Å². The van der Waals surface area contributed by atoms with Crippen LogP contribution in [0.2, 0.25) is 0 Å². The third-order valence-electron chi connectivity index (χ3n) is 5.76. The lowest BCUT2D eigenvalue weighted by Crippen LogP contribution is -2.33. The molecule has 4 rings (SSSR count). The number of amides is 1. The van der Waals surface area contributed by atoms with Gasteiger partial charge in [-0.3, -0.25) is 9.59 Å². The van der Waals surface area contributed by atoms with Gasteiger partial charge in [-0.05, 0) is 47.6 Å². The van der Waals surface area contributed by atoms with Crippen LogP contribution in [0.3, 0.4) is 0 Å². The van der Waals surface area contributed by atoms with Gasteiger partial charge in [-0.2, -0.15) is 0 Å². The molecule has 0 unspecified atom stereocenters. The SMILES string of the molecule is Cc1ccc2cc(CN(Cc3ccccc3)C(=O)Cc3ccccc3)c(=O)[nH]c2c1C. The fourth-order valence-corrected chi connectivity index (χ4v) is 3.81. The van der Waals surface area contributed by atoms with E-state index in [2.05, 4.69) is 11.1 Å². The van der Waals surface area contributed by atoms with Gasteiger partial charge in [-0.25, -0.2) is 0 Å². The van der Waals surface area contributed by atoms with E-state index >= 15 is 0 Å². The predicted octanol–water partition coefficient (Wildman–Crippen LogP) is 4.92. The Hall–Kier alpha value is -3.66. The number of carbonyl (C=O) groups excluding carboxylic acids is 1. The van der Waals surface area contributed by atoms with Crippen molar-refractivity contribution in [3.8, 4) is 0 Å². The van der Waals surface area contributed by atoms with Gasteiger partial charge in [0, 0.05) is 12.1 Å². The Morgan fingerprint density at radius 3 is 2.16 bits per heavy atom. The van der Waals surface area contributed by atoms with Crippen molar-refractivity contribution in [2.24, 2.45) is 0 Å². The predicted molar refractivity (Wildman–Crippen MR) is 125 cm³/mol. The van der Waals surface area contributed by atoms with Crippen molar-refractivity contribution in [3.05, 3.63) is 117 Å². The molecule has 0 aliphatic heterocycles. The summed E-state index contributed by atoms with van der Waals surface area (Å²) in [6, 6.07) is 25.6. The molecule has 31 heavy (non-hydrogen) atoms. The number of rotatable bonds is 6. The summed E-state index contributed by atoms with van der Waals surface area (Å²) in [4.78, 5) is 30.9. The van der Waals surface area contributed by atoms with Gasteiger partial charge in [0.15, 0.2) is 0 Å². The molecule has 1 aromatic heterocycles. The topological polar surface area (TPSA) is 53.2 Å². The van der Waals surface area contributed by atoms with Gasteiger partial charge in [-0.15, -0.1) is 0 Å². The number of H-pyrrole nitrogens is 1. The Bertz CT molecular complexity index is 1260. The molecule has 1 N–H and O–H groups in total. The maximum atomic E-state index is 13.2. The first-order valence-electron chi connectivity index (χ1n) is 10.5. The van der Waals surface area contributed by atoms with E-state index in [1.165, 1.54) is 0 Å². The molecule has 0 saturated carbocycles. The van der Waals surface area contributed by atoms with Crippen molar-refractivity contribution in [2.75, 3.05) is 0 Å². The molecule has 0 aliphatic rings. The van der Waals surface area contributed by atoms with Crippen molar-refractivity contribution < 1.29 is 4.79 Å². The standard InChI is InChI=1S/C27H26N2O2/c1-19-13-14-23-16-24(27(31)28-26(23)20(19)2)18-29(17-22-11-7-4-8-12-22)25(30)15-21-9-5-3-6-10-21/h3-14,16H,15,17-18H2,1-2H3,(H,28,31). The van der Waals surface area contributed by atoms with Crippen LogP contribution in [0.15, 0.2) is 83.7 Å². The first-order chi connectivity index (χ1) is 15.0. The van der Waals surface area contributed by atoms with E-state index in [0.29, 0.717) is 18.5 Å². The summed E-state index contributed by atoms with van der Waals surface area (Å²) in [6.45, 7) is 4.76. The highest BCUT2D eigenvalue weighted by molar-refractivity contribution is 5.83. The molecule has 156 valence electrons. The van der Waals surface area contributed by atoms with Crippen LogP contribution in [-0.2, 0) is 24.3 Å². The summed E-state index contributed by atoms with van der Waals surface area (Å²) in [5, 5.41) is 0.980. The van der Waals surface area contributed by atoms with E-state index in [1.807, 2.05) is 86.6 Å². The molecule has 3 aromatic carbocycles. The summed E-state index contributed by atoms with van der Waals surface area (Å²) >= 11 is 0. The van der Waals surface area contributed by atoms with Crippen LogP contribution in [0.5, 0.6) is 0 Å². The zero-order valence-corrected chi connectivity index (χ0v) is 17.9. The number of fused-ring (bicyclic) bond motifs is 1. The maximum Gasteiger partial charge on any atom is 0.253 e. The molecule has 4 aromatic rings. The van der Waals surface area contributed by atoms with Gasteiger partial charge in [-0.1, -0.05) is 72.8 Å². The second-order valence-corrected chi connectivity index (χ2v) is 7.99. The van der Waals surface area contributed by atoms with E-state index in [-0.39, 0.29) is 18.0 Å². The third kappa shape index (κ3) is 4.75. The molecule has 0 atom stereocenters. The second-order valence-electron chi connectivity index (χ2n) is 7.99. The molecular formula is C27H26N2O2. The lowest BCUT2D eigenvalue weighted by Gasteiger charge is -2.23. The molecule has 1 amide bonds. The minimum absolute atomic E-state index is 0.00497. The molecule has 0 aliphatic carbocycles. The molecule has 0 saturated heterocycles. The Balaban J connectivity index is 1.66. The van der Waals surface area contributed by atoms with Crippen LogP contribution in [0.25, 0.3) is 10.9 Å². The third-order valence-corrected chi connectivity index (χ3v) is 5.76. The van der Waals surface area contributed by atoms with Crippen LogP contribution in [0.4, 0.5) is 0 Å². The number of pyridine rings is 1. The number of aromatic nitrogens is 1. The Morgan fingerprint density at radius 1 is 0.839 bits per heavy atom. The number of carbonyl (C=O) groups is 1. The molecule has 0 bridgehead atoms. The average Bonchev–Trinajstić information content (AvgIpc) is 2.78. The van der Waals surface area contributed by atoms with Gasteiger partial charge < -0.3 is 9.88 Å². The minimum Gasteiger partial charge on any atom is -0.334 e. The van der Waals surface area contributed by atoms with Crippen molar-refractivity contribution in [1.29, 1.82) is 0 Å². The Kier molecular flexibility index (Phi) is 5.99. The number of nitrogens with one attached hydrogen (secondary N) is 1. The monoisotopic (exact) mass is 410 g/mol. The molecule has 4 nitrogen and oxygen atoms in total. The number of nitrogens with zero attached hydrogens (tertiary/aromatic N) is 1. The fourth-order valence-electron chi connectivity index (χ4n) is 3.81. The average molecular weight is 411 g/mol. The van der Waals surface area contributed by atoms with Crippen LogP contribution in [0.1, 0.15) is 27.8 Å². The van der Waals surface area contributed by atoms with Gasteiger partial charge in [0.2, 0.25) is 5.91 Å². The van der Waals surface area contributed by atoms with E-state index in [0.717, 1.165) is 33.2 Å². The Labute approximate surface area is 182 Å². The van der Waals surface area contributed by atoms with Crippen molar-refractivity contribution in [3.63, 3.8) is 0 Å². The first-order valence-corrected chi connectivity index (χ1v) is 10.5. The molecule has 1 heterocycles. The highest BCUT2D eigenvalue weighted by atomic mass is 16.2. The van der Waals surface area contributed by atoms with E-state index < -0.39 is 0 Å². The van der Waals surface area contributed by atoms with Gasteiger partial charge >= 0.3 is 0 Å². The Morgan fingerprint density at radius 2 is 1.48 bits per heavy atom. The van der Waals surface area contributed by atoms with Crippen LogP contribution >= 0.6 is 0 Å². The van der Waals surface area contributed by atoms with Gasteiger partial charge in [0.1, 0.15) is 0 Å². The fraction of sp³-hybridized carbons (Fsp3) is 0.185. The van der Waals surface area contributed by atoms with Crippen molar-refractivity contribution >= 4 is 16.8 Å². The highest BCUT2D eigenvalue weighted by Crippen LogP contribution is 2.20. The lowest BCUT2D eigenvalue weighted by atomic mass is 10.0. The van der Waals surface area contributed by atoms with E-state index in [4.69, 9.17) is 0 Å². The summed E-state index contributed by atoms with van der Waals surface area (Å²) in [5.74, 6) is -0.00497. The van der Waals surface area contributed by atoms with Crippen molar-refractivity contribution in [2.45, 2.75) is 33.4 Å². The van der Waals surface area contributed by atoms with Gasteiger partial charge in [0.05, 0.1) is 18.5 Å². The quantitative estimate of drug-likeness (QED) is 0.491. The summed E-state index contributed by atoms with van der Waals surface area (Å²) < 4.78 is 0. The summed E-state index contributed by atoms with van der Waals surface area (Å²) in [5.41, 5.74) is 5.51. The minimum atomic E-state index is -0.147. The number of aryl methyl sites for hydroxylation is 2. The lowest BCUT2D eigenvalue weighted by molar-refractivity contribution is -0.131. The number of hydrogen-bond donors (Lipinski definition) is 1. The van der Waals surface area contributed by atoms with Gasteiger partial charge in [0.25, 0.3) is 5.56 Å². The van der Waals surface area contributed by atoms with E-state index in [9.17, 15) is 9.59 Å². The molecule has 0 spiro atoms. The zero-order valence-electron chi connectivity index (χ0n) is 17.9. The zero-order chi connectivity index (χ0) is 21.8. The molecule has 0 radical (unpaired) electrons. The van der Waals surface area contributed by atoms with Crippen LogP contribution in [-0.4, -0.2) is 15.8 Å². The number of benzene rings is 3. The number of aromatic amines is 1. The molecule has 0 fully saturated rings.